The highest BCUT2D eigenvalue weighted by atomic mass is 32.2. The smallest absolute Gasteiger partial charge is 0.189 e. The van der Waals surface area contributed by atoms with Crippen molar-refractivity contribution in [3.05, 3.63) is 30.4 Å². The van der Waals surface area contributed by atoms with E-state index in [0.29, 0.717) is 6.04 Å². The molecular weight excluding hydrogens is 284 g/mol. The average Bonchev–Trinajstić information content (AvgIpc) is 2.47. The van der Waals surface area contributed by atoms with Crippen LogP contribution in [0.15, 0.2) is 29.9 Å². The molecule has 0 spiro atoms. The molecule has 1 fully saturated rings. The van der Waals surface area contributed by atoms with Crippen LogP contribution in [0.4, 0.5) is 11.6 Å². The first-order chi connectivity index (χ1) is 10.2. The lowest BCUT2D eigenvalue weighted by Crippen LogP contribution is -2.59. The fraction of sp³-hybridized carbons (Fsp3) is 0.429. The highest BCUT2D eigenvalue weighted by Crippen LogP contribution is 2.26. The van der Waals surface area contributed by atoms with Crippen molar-refractivity contribution in [1.82, 2.24) is 19.9 Å². The Labute approximate surface area is 128 Å². The summed E-state index contributed by atoms with van der Waals surface area (Å²) in [7, 11) is 2.08. The van der Waals surface area contributed by atoms with Gasteiger partial charge in [-0.1, -0.05) is 11.8 Å². The van der Waals surface area contributed by atoms with Crippen LogP contribution in [0.2, 0.25) is 0 Å². The third kappa shape index (κ3) is 2.78. The fourth-order valence-corrected chi connectivity index (χ4v) is 2.76. The van der Waals surface area contributed by atoms with Gasteiger partial charge in [0.2, 0.25) is 0 Å². The normalized spacial score (nSPS) is 14.9. The summed E-state index contributed by atoms with van der Waals surface area (Å²) in [5.74, 6) is 2.00. The van der Waals surface area contributed by atoms with Gasteiger partial charge in [-0.3, -0.25) is 0 Å². The molecule has 0 aromatic carbocycles. The number of aromatic nitrogens is 4. The number of thioether (sulfide) groups is 1. The Kier molecular flexibility index (Phi) is 3.92. The van der Waals surface area contributed by atoms with Gasteiger partial charge < -0.3 is 9.80 Å². The third-order valence-corrected chi connectivity index (χ3v) is 4.30. The molecule has 1 aliphatic heterocycles. The molecule has 7 heteroatoms. The molecule has 0 unspecified atom stereocenters. The van der Waals surface area contributed by atoms with Crippen LogP contribution in [-0.2, 0) is 0 Å². The highest BCUT2D eigenvalue weighted by molar-refractivity contribution is 7.98. The van der Waals surface area contributed by atoms with Crippen LogP contribution in [0.25, 0.3) is 0 Å². The van der Waals surface area contributed by atoms with E-state index in [4.69, 9.17) is 0 Å². The van der Waals surface area contributed by atoms with Crippen molar-refractivity contribution in [2.75, 3.05) is 36.2 Å². The first-order valence-electron chi connectivity index (χ1n) is 6.80. The second-order valence-corrected chi connectivity index (χ2v) is 5.87. The summed E-state index contributed by atoms with van der Waals surface area (Å²) >= 11 is 1.56. The molecule has 110 valence electrons. The maximum atomic E-state index is 4.54. The number of likely N-dealkylation sites (N-methyl/N-ethyl adjacent to an activating group) is 1. The van der Waals surface area contributed by atoms with Crippen molar-refractivity contribution < 1.29 is 0 Å². The van der Waals surface area contributed by atoms with E-state index >= 15 is 0 Å². The molecule has 0 aliphatic carbocycles. The quantitative estimate of drug-likeness (QED) is 0.628. The lowest BCUT2D eigenvalue weighted by atomic mass is 10.1. The number of rotatable bonds is 4. The fourth-order valence-electron chi connectivity index (χ4n) is 2.41. The van der Waals surface area contributed by atoms with E-state index in [1.54, 1.807) is 18.1 Å². The van der Waals surface area contributed by atoms with E-state index in [2.05, 4.69) is 36.8 Å². The van der Waals surface area contributed by atoms with Crippen LogP contribution < -0.4 is 9.80 Å². The maximum Gasteiger partial charge on any atom is 0.189 e. The second-order valence-electron chi connectivity index (χ2n) is 5.10. The SMILES string of the molecule is CSc1nccc(N(C)C2CN(c3ncncc3C)C2)n1. The van der Waals surface area contributed by atoms with Gasteiger partial charge in [0.25, 0.3) is 0 Å². The summed E-state index contributed by atoms with van der Waals surface area (Å²) in [5.41, 5.74) is 1.12. The predicted molar refractivity (Wildman–Crippen MR) is 85.0 cm³/mol. The molecule has 0 N–H and O–H groups in total. The largest absolute Gasteiger partial charge is 0.353 e. The van der Waals surface area contributed by atoms with Crippen LogP contribution in [0.3, 0.4) is 0 Å². The van der Waals surface area contributed by atoms with Gasteiger partial charge >= 0.3 is 0 Å². The number of hydrogen-bond acceptors (Lipinski definition) is 7. The van der Waals surface area contributed by atoms with E-state index in [0.717, 1.165) is 35.4 Å². The summed E-state index contributed by atoms with van der Waals surface area (Å²) in [6.45, 7) is 3.95. The molecule has 0 saturated carbocycles. The van der Waals surface area contributed by atoms with Crippen LogP contribution >= 0.6 is 11.8 Å². The molecule has 21 heavy (non-hydrogen) atoms. The van der Waals surface area contributed by atoms with Crippen molar-refractivity contribution in [2.45, 2.75) is 18.1 Å². The van der Waals surface area contributed by atoms with E-state index in [1.165, 1.54) is 0 Å². The highest BCUT2D eigenvalue weighted by Gasteiger charge is 2.32. The van der Waals surface area contributed by atoms with E-state index in [1.807, 2.05) is 31.6 Å². The zero-order valence-electron chi connectivity index (χ0n) is 12.4. The zero-order chi connectivity index (χ0) is 14.8. The van der Waals surface area contributed by atoms with Crippen molar-refractivity contribution in [3.63, 3.8) is 0 Å². The molecule has 0 radical (unpaired) electrons. The second kappa shape index (κ2) is 5.85. The molecule has 2 aromatic rings. The van der Waals surface area contributed by atoms with Crippen molar-refractivity contribution >= 4 is 23.4 Å². The monoisotopic (exact) mass is 302 g/mol. The summed E-state index contributed by atoms with van der Waals surface area (Å²) in [6.07, 6.45) is 7.26. The van der Waals surface area contributed by atoms with E-state index < -0.39 is 0 Å². The van der Waals surface area contributed by atoms with Gasteiger partial charge in [0, 0.05) is 38.1 Å². The van der Waals surface area contributed by atoms with Gasteiger partial charge in [-0.05, 0) is 19.2 Å². The van der Waals surface area contributed by atoms with Gasteiger partial charge in [-0.2, -0.15) is 0 Å². The van der Waals surface area contributed by atoms with E-state index in [9.17, 15) is 0 Å². The van der Waals surface area contributed by atoms with Crippen molar-refractivity contribution in [2.24, 2.45) is 0 Å². The van der Waals surface area contributed by atoms with Gasteiger partial charge in [-0.25, -0.2) is 19.9 Å². The van der Waals surface area contributed by atoms with Crippen LogP contribution in [0, 0.1) is 6.92 Å². The number of hydrogen-bond donors (Lipinski definition) is 0. The number of aryl methyl sites for hydroxylation is 1. The maximum absolute atomic E-state index is 4.54. The Morgan fingerprint density at radius 2 is 2.14 bits per heavy atom. The number of anilines is 2. The molecule has 0 bridgehead atoms. The predicted octanol–water partition coefficient (Wildman–Crippen LogP) is 1.62. The molecule has 1 aliphatic rings. The Balaban J connectivity index is 1.67. The molecule has 3 heterocycles. The zero-order valence-corrected chi connectivity index (χ0v) is 13.2. The third-order valence-electron chi connectivity index (χ3n) is 3.74. The van der Waals surface area contributed by atoms with Gasteiger partial charge in [0.1, 0.15) is 18.0 Å². The Morgan fingerprint density at radius 3 is 2.86 bits per heavy atom. The van der Waals surface area contributed by atoms with Gasteiger partial charge in [0.15, 0.2) is 5.16 Å². The van der Waals surface area contributed by atoms with Crippen LogP contribution in [0.1, 0.15) is 5.56 Å². The van der Waals surface area contributed by atoms with Gasteiger partial charge in [0.05, 0.1) is 6.04 Å². The average molecular weight is 302 g/mol. The minimum absolute atomic E-state index is 0.448. The molecule has 0 amide bonds. The van der Waals surface area contributed by atoms with Crippen molar-refractivity contribution in [1.29, 1.82) is 0 Å². The summed E-state index contributed by atoms with van der Waals surface area (Å²) in [6, 6.07) is 2.40. The van der Waals surface area contributed by atoms with Crippen molar-refractivity contribution in [3.8, 4) is 0 Å². The summed E-state index contributed by atoms with van der Waals surface area (Å²) < 4.78 is 0. The Hall–Kier alpha value is -1.89. The first kappa shape index (κ1) is 14.1. The Bertz CT molecular complexity index is 628. The molecule has 2 aromatic heterocycles. The molecule has 3 rings (SSSR count). The first-order valence-corrected chi connectivity index (χ1v) is 8.03. The van der Waals surface area contributed by atoms with Gasteiger partial charge in [-0.15, -0.1) is 0 Å². The lowest BCUT2D eigenvalue weighted by molar-refractivity contribution is 0.487. The Morgan fingerprint density at radius 1 is 1.33 bits per heavy atom. The minimum Gasteiger partial charge on any atom is -0.353 e. The molecule has 6 nitrogen and oxygen atoms in total. The van der Waals surface area contributed by atoms with Crippen LogP contribution in [0.5, 0.6) is 0 Å². The van der Waals surface area contributed by atoms with E-state index in [-0.39, 0.29) is 0 Å². The molecule has 0 atom stereocenters. The number of nitrogens with zero attached hydrogens (tertiary/aromatic N) is 6. The topological polar surface area (TPSA) is 58.0 Å². The summed E-state index contributed by atoms with van der Waals surface area (Å²) in [5, 5.41) is 0.808. The standard InChI is InChI=1S/C14H18N6S/c1-10-6-15-9-17-13(10)20-7-11(8-20)19(2)12-4-5-16-14(18-12)21-3/h4-6,9,11H,7-8H2,1-3H3. The molecular formula is C14H18N6S. The minimum atomic E-state index is 0.448. The van der Waals surface area contributed by atoms with Crippen LogP contribution in [-0.4, -0.2) is 52.4 Å². The molecule has 1 saturated heterocycles. The lowest BCUT2D eigenvalue weighted by Gasteiger charge is -2.45. The summed E-state index contributed by atoms with van der Waals surface area (Å²) in [4.78, 5) is 21.6.